The average molecular weight is 587 g/mol. The van der Waals surface area contributed by atoms with E-state index in [-0.39, 0.29) is 35.4 Å². The van der Waals surface area contributed by atoms with Crippen LogP contribution in [0.2, 0.25) is 0 Å². The van der Waals surface area contributed by atoms with Gasteiger partial charge in [0.1, 0.15) is 12.0 Å². The third-order valence-electron chi connectivity index (χ3n) is 7.42. The summed E-state index contributed by atoms with van der Waals surface area (Å²) >= 11 is 1.01. The number of carbonyl (C=O) groups excluding carboxylic acids is 2. The summed E-state index contributed by atoms with van der Waals surface area (Å²) in [5, 5.41) is 3.24. The van der Waals surface area contributed by atoms with E-state index in [1.807, 2.05) is 6.08 Å². The molecule has 2 aliphatic heterocycles. The molecule has 6 nitrogen and oxygen atoms in total. The number of fused-ring (bicyclic) bond motifs is 1. The van der Waals surface area contributed by atoms with Crippen molar-refractivity contribution in [2.75, 3.05) is 13.1 Å². The van der Waals surface area contributed by atoms with Crippen molar-refractivity contribution < 1.29 is 27.2 Å². The second kappa shape index (κ2) is 12.0. The molecule has 1 unspecified atom stereocenters. The number of likely N-dealkylation sites (tertiary alicyclic amines) is 1. The molecule has 0 saturated carbocycles. The molecule has 2 aliphatic rings. The molecule has 3 heterocycles. The van der Waals surface area contributed by atoms with Crippen molar-refractivity contribution in [2.24, 2.45) is 16.6 Å². The maximum atomic E-state index is 14.1. The highest BCUT2D eigenvalue weighted by molar-refractivity contribution is 7.19. The van der Waals surface area contributed by atoms with Gasteiger partial charge >= 0.3 is 6.18 Å². The van der Waals surface area contributed by atoms with Gasteiger partial charge in [-0.2, -0.15) is 13.2 Å². The van der Waals surface area contributed by atoms with E-state index >= 15 is 0 Å². The largest absolute Gasteiger partial charge is 0.417 e. The van der Waals surface area contributed by atoms with Gasteiger partial charge in [-0.25, -0.2) is 9.38 Å². The average Bonchev–Trinajstić information content (AvgIpc) is 3.38. The minimum absolute atomic E-state index is 0.108. The maximum absolute atomic E-state index is 14.1. The number of hydrogen-bond donors (Lipinski definition) is 2. The van der Waals surface area contributed by atoms with Gasteiger partial charge < -0.3 is 16.0 Å². The third kappa shape index (κ3) is 6.95. The van der Waals surface area contributed by atoms with E-state index in [4.69, 9.17) is 5.73 Å². The number of allylic oxidation sites excluding steroid dienone is 1. The number of aliphatic imine (C=N–C) groups is 1. The van der Waals surface area contributed by atoms with Gasteiger partial charge in [0.05, 0.1) is 12.1 Å². The second-order valence-electron chi connectivity index (χ2n) is 10.4. The lowest BCUT2D eigenvalue weighted by Crippen LogP contribution is -2.39. The van der Waals surface area contributed by atoms with E-state index in [9.17, 15) is 27.2 Å². The molecule has 1 atom stereocenters. The van der Waals surface area contributed by atoms with Gasteiger partial charge in [0.2, 0.25) is 5.91 Å². The number of thiophene rings is 1. The summed E-state index contributed by atoms with van der Waals surface area (Å²) in [6.07, 6.45) is 0.309. The van der Waals surface area contributed by atoms with Crippen molar-refractivity contribution in [1.82, 2.24) is 10.2 Å². The van der Waals surface area contributed by atoms with Gasteiger partial charge in [-0.3, -0.25) is 9.59 Å². The quantitative estimate of drug-likeness (QED) is 0.312. The number of hydrogen-bond acceptors (Lipinski definition) is 5. The Labute approximate surface area is 238 Å². The molecule has 0 aliphatic carbocycles. The van der Waals surface area contributed by atoms with Gasteiger partial charge in [0.15, 0.2) is 0 Å². The van der Waals surface area contributed by atoms with Crippen molar-refractivity contribution in [3.63, 3.8) is 0 Å². The van der Waals surface area contributed by atoms with Gasteiger partial charge in [0.25, 0.3) is 5.91 Å². The number of benzene rings is 2. The fourth-order valence-electron chi connectivity index (χ4n) is 5.07. The normalized spacial score (nSPS) is 18.0. The van der Waals surface area contributed by atoms with Crippen LogP contribution in [0.15, 0.2) is 59.4 Å². The molecule has 0 radical (unpaired) electrons. The van der Waals surface area contributed by atoms with Crippen molar-refractivity contribution in [1.29, 1.82) is 0 Å². The standard InChI is InChI=1S/C30H30F4N4O2S/c31-23-9-11-38(12-10-23)29(40)20-5-3-19(4-6-20)21-13-22-14-24(41-28(22)25(15-21)30(32,33)34)17-37-27(39)8-2-18-1-7-26(35)36-16-18/h3-7,13-16,18,23H,1-2,8-12,17,35H2,(H,37,39). The fourth-order valence-corrected chi connectivity index (χ4v) is 6.18. The second-order valence-corrected chi connectivity index (χ2v) is 11.6. The number of halogens is 4. The molecule has 3 aromatic rings. The number of piperidine rings is 1. The van der Waals surface area contributed by atoms with Crippen LogP contribution in [0.1, 0.15) is 52.9 Å². The zero-order valence-corrected chi connectivity index (χ0v) is 23.0. The Morgan fingerprint density at radius 3 is 2.46 bits per heavy atom. The molecule has 0 bridgehead atoms. The molecule has 2 aromatic carbocycles. The molecule has 1 aromatic heterocycles. The Bertz CT molecular complexity index is 1490. The summed E-state index contributed by atoms with van der Waals surface area (Å²) < 4.78 is 55.8. The zero-order chi connectivity index (χ0) is 29.1. The topological polar surface area (TPSA) is 87.8 Å². The Morgan fingerprint density at radius 2 is 1.80 bits per heavy atom. The number of amides is 2. The first-order chi connectivity index (χ1) is 19.6. The molecule has 216 valence electrons. The van der Waals surface area contributed by atoms with Crippen LogP contribution in [0, 0.1) is 5.92 Å². The number of alkyl halides is 4. The van der Waals surface area contributed by atoms with E-state index in [1.165, 1.54) is 0 Å². The number of nitrogens with zero attached hydrogens (tertiary/aromatic N) is 2. The minimum Gasteiger partial charge on any atom is -0.384 e. The summed E-state index contributed by atoms with van der Waals surface area (Å²) in [4.78, 5) is 31.4. The highest BCUT2D eigenvalue weighted by atomic mass is 32.1. The molecule has 11 heteroatoms. The highest BCUT2D eigenvalue weighted by Crippen LogP contribution is 2.41. The lowest BCUT2D eigenvalue weighted by molar-refractivity contribution is -0.136. The maximum Gasteiger partial charge on any atom is 0.417 e. The molecule has 2 amide bonds. The predicted molar refractivity (Wildman–Crippen MR) is 152 cm³/mol. The van der Waals surface area contributed by atoms with Gasteiger partial charge in [-0.15, -0.1) is 11.3 Å². The highest BCUT2D eigenvalue weighted by Gasteiger charge is 2.34. The lowest BCUT2D eigenvalue weighted by Gasteiger charge is -2.28. The molecule has 1 saturated heterocycles. The Kier molecular flexibility index (Phi) is 8.44. The van der Waals surface area contributed by atoms with Crippen LogP contribution in [0.5, 0.6) is 0 Å². The molecule has 0 spiro atoms. The van der Waals surface area contributed by atoms with Gasteiger partial charge in [-0.05, 0) is 84.5 Å². The molecule has 3 N–H and O–H groups in total. The molecular formula is C30H30F4N4O2S. The first kappa shape index (κ1) is 28.8. The van der Waals surface area contributed by atoms with Crippen molar-refractivity contribution >= 4 is 39.5 Å². The fraction of sp³-hybridized carbons (Fsp3) is 0.367. The third-order valence-corrected chi connectivity index (χ3v) is 8.60. The molecule has 1 fully saturated rings. The first-order valence-electron chi connectivity index (χ1n) is 13.5. The molecule has 5 rings (SSSR count). The van der Waals surface area contributed by atoms with E-state index in [2.05, 4.69) is 10.3 Å². The van der Waals surface area contributed by atoms with Crippen LogP contribution in [0.3, 0.4) is 0 Å². The SMILES string of the molecule is NC1=CCC(CCC(=O)NCc2cc3cc(-c4ccc(C(=O)N5CCC(F)CC5)cc4)cc(C(F)(F)F)c3s2)C=N1. The van der Waals surface area contributed by atoms with Gasteiger partial charge in [0, 0.05) is 40.9 Å². The Balaban J connectivity index is 1.29. The number of carbonyl (C=O) groups is 2. The van der Waals surface area contributed by atoms with E-state index in [1.54, 1.807) is 47.5 Å². The Morgan fingerprint density at radius 1 is 1.07 bits per heavy atom. The predicted octanol–water partition coefficient (Wildman–Crippen LogP) is 6.45. The zero-order valence-electron chi connectivity index (χ0n) is 22.2. The summed E-state index contributed by atoms with van der Waals surface area (Å²) in [5.41, 5.74) is 6.20. The lowest BCUT2D eigenvalue weighted by atomic mass is 9.99. The van der Waals surface area contributed by atoms with Crippen LogP contribution < -0.4 is 11.1 Å². The summed E-state index contributed by atoms with van der Waals surface area (Å²) in [7, 11) is 0. The summed E-state index contributed by atoms with van der Waals surface area (Å²) in [6.45, 7) is 0.820. The number of nitrogens with two attached hydrogens (primary N) is 1. The van der Waals surface area contributed by atoms with E-state index in [0.29, 0.717) is 65.1 Å². The van der Waals surface area contributed by atoms with Crippen molar-refractivity contribution in [3.8, 4) is 11.1 Å². The monoisotopic (exact) mass is 586 g/mol. The number of nitrogens with one attached hydrogen (secondary N) is 1. The van der Waals surface area contributed by atoms with Crippen LogP contribution in [0.4, 0.5) is 17.6 Å². The van der Waals surface area contributed by atoms with E-state index in [0.717, 1.165) is 23.8 Å². The molecule has 41 heavy (non-hydrogen) atoms. The van der Waals surface area contributed by atoms with E-state index < -0.39 is 17.9 Å². The minimum atomic E-state index is -4.57. The van der Waals surface area contributed by atoms with Crippen molar-refractivity contribution in [2.45, 2.75) is 51.0 Å². The number of rotatable bonds is 7. The van der Waals surface area contributed by atoms with Gasteiger partial charge in [-0.1, -0.05) is 12.1 Å². The Hall–Kier alpha value is -3.73. The van der Waals surface area contributed by atoms with Crippen LogP contribution >= 0.6 is 11.3 Å². The van der Waals surface area contributed by atoms with Crippen LogP contribution in [-0.4, -0.2) is 42.2 Å². The summed E-state index contributed by atoms with van der Waals surface area (Å²) in [6, 6.07) is 10.9. The van der Waals surface area contributed by atoms with Crippen molar-refractivity contribution in [3.05, 3.63) is 70.4 Å². The first-order valence-corrected chi connectivity index (χ1v) is 14.3. The van der Waals surface area contributed by atoms with Crippen LogP contribution in [0.25, 0.3) is 21.2 Å². The smallest absolute Gasteiger partial charge is 0.384 e. The van der Waals surface area contributed by atoms with Crippen LogP contribution in [-0.2, 0) is 17.5 Å². The summed E-state index contributed by atoms with van der Waals surface area (Å²) in [5.74, 6) is 0.202. The molecular weight excluding hydrogens is 556 g/mol.